The second-order valence-electron chi connectivity index (χ2n) is 3.63. The van der Waals surface area contributed by atoms with Crippen LogP contribution in [-0.4, -0.2) is 48.2 Å². The van der Waals surface area contributed by atoms with E-state index in [1.54, 1.807) is 4.90 Å². The van der Waals surface area contributed by atoms with Crippen LogP contribution in [0.4, 0.5) is 0 Å². The average molecular weight is 215 g/mol. The van der Waals surface area contributed by atoms with Gasteiger partial charge in [-0.1, -0.05) is 0 Å². The van der Waals surface area contributed by atoms with Crippen molar-refractivity contribution in [3.8, 4) is 0 Å². The van der Waals surface area contributed by atoms with Gasteiger partial charge in [0.05, 0.1) is 5.92 Å². The Bertz CT molecular complexity index is 242. The molecular formula is C10H17NO4. The summed E-state index contributed by atoms with van der Waals surface area (Å²) in [6.07, 6.45) is 0.913. The van der Waals surface area contributed by atoms with E-state index in [-0.39, 0.29) is 12.3 Å². The monoisotopic (exact) mass is 215 g/mol. The summed E-state index contributed by atoms with van der Waals surface area (Å²) in [6, 6.07) is 0. The van der Waals surface area contributed by atoms with E-state index in [0.717, 1.165) is 6.42 Å². The van der Waals surface area contributed by atoms with Crippen molar-refractivity contribution in [3.05, 3.63) is 0 Å². The molecule has 0 bridgehead atoms. The number of carboxylic acid groups (broad SMARTS) is 1. The topological polar surface area (TPSA) is 66.8 Å². The van der Waals surface area contributed by atoms with Gasteiger partial charge in [0.2, 0.25) is 5.91 Å². The molecule has 1 atom stereocenters. The fraction of sp³-hybridized carbons (Fsp3) is 0.800. The molecule has 0 spiro atoms. The van der Waals surface area contributed by atoms with Crippen LogP contribution < -0.4 is 0 Å². The van der Waals surface area contributed by atoms with Crippen molar-refractivity contribution in [2.24, 2.45) is 5.92 Å². The molecule has 0 aromatic rings. The van der Waals surface area contributed by atoms with Crippen molar-refractivity contribution in [3.63, 3.8) is 0 Å². The van der Waals surface area contributed by atoms with Gasteiger partial charge in [0.25, 0.3) is 0 Å². The number of hydrogen-bond acceptors (Lipinski definition) is 3. The molecule has 1 fully saturated rings. The molecule has 15 heavy (non-hydrogen) atoms. The lowest BCUT2D eigenvalue weighted by atomic mass is 10.1. The van der Waals surface area contributed by atoms with Gasteiger partial charge in [0.15, 0.2) is 0 Å². The van der Waals surface area contributed by atoms with Crippen LogP contribution in [0, 0.1) is 5.92 Å². The summed E-state index contributed by atoms with van der Waals surface area (Å²) in [6.45, 7) is 4.16. The van der Waals surface area contributed by atoms with E-state index in [1.807, 2.05) is 6.92 Å². The van der Waals surface area contributed by atoms with Gasteiger partial charge in [-0.25, -0.2) is 0 Å². The molecule has 5 nitrogen and oxygen atoms in total. The number of carboxylic acids is 1. The molecule has 0 aromatic carbocycles. The second-order valence-corrected chi connectivity index (χ2v) is 3.63. The largest absolute Gasteiger partial charge is 0.481 e. The molecule has 86 valence electrons. The first-order valence-electron chi connectivity index (χ1n) is 5.23. The highest BCUT2D eigenvalue weighted by molar-refractivity contribution is 5.86. The van der Waals surface area contributed by atoms with Crippen LogP contribution in [0.5, 0.6) is 0 Å². The molecule has 0 radical (unpaired) electrons. The molecule has 0 saturated carbocycles. The first-order chi connectivity index (χ1) is 7.15. The predicted molar refractivity (Wildman–Crippen MR) is 53.4 cm³/mol. The average Bonchev–Trinajstić information content (AvgIpc) is 2.55. The van der Waals surface area contributed by atoms with Gasteiger partial charge in [-0.2, -0.15) is 0 Å². The third-order valence-electron chi connectivity index (χ3n) is 2.48. The Balaban J connectivity index is 2.25. The van der Waals surface area contributed by atoms with Crippen LogP contribution >= 0.6 is 0 Å². The van der Waals surface area contributed by atoms with E-state index >= 15 is 0 Å². The van der Waals surface area contributed by atoms with Crippen LogP contribution in [0.15, 0.2) is 0 Å². The Kier molecular flexibility index (Phi) is 4.55. The zero-order valence-corrected chi connectivity index (χ0v) is 8.94. The van der Waals surface area contributed by atoms with Crippen molar-refractivity contribution < 1.29 is 19.4 Å². The molecule has 1 saturated heterocycles. The summed E-state index contributed by atoms with van der Waals surface area (Å²) in [5.41, 5.74) is 0. The molecule has 1 amide bonds. The molecule has 1 rings (SSSR count). The van der Waals surface area contributed by atoms with Crippen molar-refractivity contribution in [1.29, 1.82) is 0 Å². The van der Waals surface area contributed by atoms with Gasteiger partial charge in [-0.15, -0.1) is 0 Å². The minimum atomic E-state index is -0.879. The standard InChI is InChI=1S/C10H17NO4/c1-2-15-5-3-4-11-7-8(10(13)14)6-9(11)12/h8H,2-7H2,1H3,(H,13,14). The normalized spacial score (nSPS) is 21.0. The van der Waals surface area contributed by atoms with Crippen molar-refractivity contribution in [1.82, 2.24) is 4.90 Å². The third-order valence-corrected chi connectivity index (χ3v) is 2.48. The number of rotatable bonds is 6. The van der Waals surface area contributed by atoms with Gasteiger partial charge in [0, 0.05) is 32.7 Å². The SMILES string of the molecule is CCOCCCN1CC(C(=O)O)CC1=O. The van der Waals surface area contributed by atoms with Crippen LogP contribution in [0.2, 0.25) is 0 Å². The molecular weight excluding hydrogens is 198 g/mol. The van der Waals surface area contributed by atoms with E-state index in [1.165, 1.54) is 0 Å². The van der Waals surface area contributed by atoms with E-state index < -0.39 is 11.9 Å². The predicted octanol–water partition coefficient (Wildman–Crippen LogP) is 0.346. The molecule has 0 aliphatic carbocycles. The molecule has 5 heteroatoms. The third kappa shape index (κ3) is 3.51. The summed E-state index contributed by atoms with van der Waals surface area (Å²) >= 11 is 0. The van der Waals surface area contributed by atoms with Crippen LogP contribution in [0.1, 0.15) is 19.8 Å². The van der Waals surface area contributed by atoms with Gasteiger partial charge < -0.3 is 14.7 Å². The maximum atomic E-state index is 11.4. The number of nitrogens with zero attached hydrogens (tertiary/aromatic N) is 1. The number of hydrogen-bond donors (Lipinski definition) is 1. The highest BCUT2D eigenvalue weighted by Gasteiger charge is 2.33. The van der Waals surface area contributed by atoms with E-state index in [0.29, 0.717) is 26.3 Å². The van der Waals surface area contributed by atoms with Crippen LogP contribution in [-0.2, 0) is 14.3 Å². The highest BCUT2D eigenvalue weighted by atomic mass is 16.5. The number of ether oxygens (including phenoxy) is 1. The van der Waals surface area contributed by atoms with Crippen molar-refractivity contribution >= 4 is 11.9 Å². The summed E-state index contributed by atoms with van der Waals surface area (Å²) in [4.78, 5) is 23.6. The fourth-order valence-electron chi connectivity index (χ4n) is 1.66. The summed E-state index contributed by atoms with van der Waals surface area (Å²) in [5.74, 6) is -1.46. The maximum absolute atomic E-state index is 11.4. The minimum Gasteiger partial charge on any atom is -0.481 e. The van der Waals surface area contributed by atoms with Crippen molar-refractivity contribution in [2.45, 2.75) is 19.8 Å². The second kappa shape index (κ2) is 5.70. The molecule has 1 heterocycles. The summed E-state index contributed by atoms with van der Waals surface area (Å²) in [7, 11) is 0. The van der Waals surface area contributed by atoms with Crippen LogP contribution in [0.3, 0.4) is 0 Å². The van der Waals surface area contributed by atoms with Crippen molar-refractivity contribution in [2.75, 3.05) is 26.3 Å². The Morgan fingerprint density at radius 1 is 1.67 bits per heavy atom. The molecule has 1 unspecified atom stereocenters. The van der Waals surface area contributed by atoms with Crippen LogP contribution in [0.25, 0.3) is 0 Å². The molecule has 1 N–H and O–H groups in total. The minimum absolute atomic E-state index is 0.0566. The Labute approximate surface area is 89.0 Å². The first kappa shape index (κ1) is 12.0. The summed E-state index contributed by atoms with van der Waals surface area (Å²) < 4.78 is 5.15. The summed E-state index contributed by atoms with van der Waals surface area (Å²) in [5, 5.41) is 8.75. The Hall–Kier alpha value is -1.10. The van der Waals surface area contributed by atoms with E-state index in [4.69, 9.17) is 9.84 Å². The smallest absolute Gasteiger partial charge is 0.308 e. The molecule has 1 aliphatic heterocycles. The number of aliphatic carboxylic acids is 1. The van der Waals surface area contributed by atoms with E-state index in [2.05, 4.69) is 0 Å². The molecule has 0 aromatic heterocycles. The first-order valence-corrected chi connectivity index (χ1v) is 5.23. The van der Waals surface area contributed by atoms with Gasteiger partial charge in [-0.05, 0) is 13.3 Å². The fourth-order valence-corrected chi connectivity index (χ4v) is 1.66. The number of carbonyl (C=O) groups is 2. The van der Waals surface area contributed by atoms with Gasteiger partial charge in [0.1, 0.15) is 0 Å². The lowest BCUT2D eigenvalue weighted by Crippen LogP contribution is -2.28. The number of likely N-dealkylation sites (tertiary alicyclic amines) is 1. The zero-order valence-electron chi connectivity index (χ0n) is 8.94. The Morgan fingerprint density at radius 2 is 2.40 bits per heavy atom. The van der Waals surface area contributed by atoms with Gasteiger partial charge in [-0.3, -0.25) is 9.59 Å². The number of carbonyl (C=O) groups excluding carboxylic acids is 1. The molecule has 1 aliphatic rings. The Morgan fingerprint density at radius 3 is 2.93 bits per heavy atom. The van der Waals surface area contributed by atoms with E-state index in [9.17, 15) is 9.59 Å². The lowest BCUT2D eigenvalue weighted by molar-refractivity contribution is -0.141. The quantitative estimate of drug-likeness (QED) is 0.649. The number of amides is 1. The zero-order chi connectivity index (χ0) is 11.3. The van der Waals surface area contributed by atoms with Gasteiger partial charge >= 0.3 is 5.97 Å². The lowest BCUT2D eigenvalue weighted by Gasteiger charge is -2.15. The highest BCUT2D eigenvalue weighted by Crippen LogP contribution is 2.17. The maximum Gasteiger partial charge on any atom is 0.308 e.